The van der Waals surface area contributed by atoms with Crippen molar-refractivity contribution < 1.29 is 9.53 Å². The van der Waals surface area contributed by atoms with Gasteiger partial charge in [-0.3, -0.25) is 4.79 Å². The largest absolute Gasteiger partial charge is 0.497 e. The van der Waals surface area contributed by atoms with Gasteiger partial charge in [0.2, 0.25) is 0 Å². The van der Waals surface area contributed by atoms with E-state index in [0.717, 1.165) is 22.6 Å². The summed E-state index contributed by atoms with van der Waals surface area (Å²) < 4.78 is 5.23. The van der Waals surface area contributed by atoms with Crippen molar-refractivity contribution in [3.05, 3.63) is 93.7 Å². The van der Waals surface area contributed by atoms with Crippen LogP contribution in [0, 0.1) is 0 Å². The van der Waals surface area contributed by atoms with E-state index in [9.17, 15) is 4.79 Å². The molecule has 1 amide bonds. The van der Waals surface area contributed by atoms with Gasteiger partial charge in [0.1, 0.15) is 10.9 Å². The fourth-order valence-electron chi connectivity index (χ4n) is 3.23. The molecule has 2 aromatic carbocycles. The number of carbonyl (C=O) groups excluding carboxylic acids is 1. The molecule has 5 nitrogen and oxygen atoms in total. The number of hydrogen-bond donors (Lipinski definition) is 0. The molecular weight excluding hydrogens is 409 g/mol. The summed E-state index contributed by atoms with van der Waals surface area (Å²) >= 11 is 11.9. The van der Waals surface area contributed by atoms with Gasteiger partial charge in [-0.25, -0.2) is 9.99 Å². The van der Waals surface area contributed by atoms with Crippen LogP contribution in [0.15, 0.2) is 72.0 Å². The second-order valence-corrected chi connectivity index (χ2v) is 7.39. The zero-order valence-corrected chi connectivity index (χ0v) is 17.1. The van der Waals surface area contributed by atoms with E-state index in [1.165, 1.54) is 11.2 Å². The molecule has 3 aromatic rings. The molecule has 1 aliphatic heterocycles. The smallest absolute Gasteiger partial charge is 0.276 e. The van der Waals surface area contributed by atoms with Crippen LogP contribution in [0.3, 0.4) is 0 Å². The van der Waals surface area contributed by atoms with Crippen LogP contribution in [0.2, 0.25) is 10.2 Å². The Morgan fingerprint density at radius 3 is 2.38 bits per heavy atom. The van der Waals surface area contributed by atoms with E-state index in [4.69, 9.17) is 27.9 Å². The Bertz CT molecular complexity index is 1050. The Labute approximate surface area is 178 Å². The van der Waals surface area contributed by atoms with Crippen molar-refractivity contribution in [2.24, 2.45) is 5.10 Å². The first-order valence-corrected chi connectivity index (χ1v) is 9.73. The normalized spacial score (nSPS) is 15.9. The van der Waals surface area contributed by atoms with Gasteiger partial charge in [0.05, 0.1) is 24.4 Å². The molecule has 0 N–H and O–H groups in total. The third-order valence-electron chi connectivity index (χ3n) is 4.77. The van der Waals surface area contributed by atoms with E-state index in [1.807, 2.05) is 48.5 Å². The number of benzene rings is 2. The molecule has 1 unspecified atom stereocenters. The standard InChI is InChI=1S/C22H17Cl2N3O2/c1-29-18-9-4-14(5-10-18)19-12-20(15-2-7-17(23)8-3-15)27(26-19)22(28)16-6-11-21(24)25-13-16/h2-11,13,20H,12H2,1H3. The van der Waals surface area contributed by atoms with Crippen molar-refractivity contribution in [2.75, 3.05) is 7.11 Å². The predicted molar refractivity (Wildman–Crippen MR) is 114 cm³/mol. The number of amides is 1. The Hall–Kier alpha value is -2.89. The number of rotatable bonds is 4. The van der Waals surface area contributed by atoms with E-state index >= 15 is 0 Å². The molecule has 1 aliphatic rings. The molecule has 0 spiro atoms. The van der Waals surface area contributed by atoms with Crippen molar-refractivity contribution in [1.82, 2.24) is 9.99 Å². The lowest BCUT2D eigenvalue weighted by Crippen LogP contribution is -2.27. The number of pyridine rings is 1. The molecule has 0 fully saturated rings. The Kier molecular flexibility index (Phi) is 5.51. The van der Waals surface area contributed by atoms with E-state index < -0.39 is 0 Å². The van der Waals surface area contributed by atoms with Gasteiger partial charge in [0.25, 0.3) is 5.91 Å². The number of halogens is 2. The van der Waals surface area contributed by atoms with Crippen LogP contribution >= 0.6 is 23.2 Å². The third kappa shape index (κ3) is 4.11. The van der Waals surface area contributed by atoms with Gasteiger partial charge in [0, 0.05) is 17.6 Å². The highest BCUT2D eigenvalue weighted by Crippen LogP contribution is 2.34. The van der Waals surface area contributed by atoms with Gasteiger partial charge >= 0.3 is 0 Å². The lowest BCUT2D eigenvalue weighted by Gasteiger charge is -2.22. The van der Waals surface area contributed by atoms with Crippen LogP contribution < -0.4 is 4.74 Å². The number of hydrazone groups is 1. The number of methoxy groups -OCH3 is 1. The average molecular weight is 426 g/mol. The highest BCUT2D eigenvalue weighted by Gasteiger charge is 2.33. The topological polar surface area (TPSA) is 54.8 Å². The second kappa shape index (κ2) is 8.23. The van der Waals surface area contributed by atoms with Crippen molar-refractivity contribution in [1.29, 1.82) is 0 Å². The molecule has 0 aliphatic carbocycles. The number of ether oxygens (including phenoxy) is 1. The van der Waals surface area contributed by atoms with Crippen LogP contribution in [0.4, 0.5) is 0 Å². The summed E-state index contributed by atoms with van der Waals surface area (Å²) in [6, 6.07) is 18.1. The zero-order valence-electron chi connectivity index (χ0n) is 15.5. The van der Waals surface area contributed by atoms with Gasteiger partial charge in [0.15, 0.2) is 0 Å². The van der Waals surface area contributed by atoms with Gasteiger partial charge in [-0.1, -0.05) is 35.3 Å². The summed E-state index contributed by atoms with van der Waals surface area (Å²) in [6.07, 6.45) is 2.05. The number of hydrogen-bond acceptors (Lipinski definition) is 4. The first kappa shape index (κ1) is 19.4. The molecule has 1 atom stereocenters. The molecule has 146 valence electrons. The van der Waals surface area contributed by atoms with Crippen LogP contribution in [-0.4, -0.2) is 28.7 Å². The van der Waals surface area contributed by atoms with Crippen LogP contribution in [0.5, 0.6) is 5.75 Å². The minimum Gasteiger partial charge on any atom is -0.497 e. The van der Waals surface area contributed by atoms with Crippen molar-refractivity contribution in [2.45, 2.75) is 12.5 Å². The zero-order chi connectivity index (χ0) is 20.4. The van der Waals surface area contributed by atoms with Gasteiger partial charge in [-0.15, -0.1) is 0 Å². The summed E-state index contributed by atoms with van der Waals surface area (Å²) in [7, 11) is 1.62. The molecule has 4 rings (SSSR count). The molecular formula is C22H17Cl2N3O2. The summed E-state index contributed by atoms with van der Waals surface area (Å²) in [5, 5.41) is 7.14. The third-order valence-corrected chi connectivity index (χ3v) is 5.25. The highest BCUT2D eigenvalue weighted by molar-refractivity contribution is 6.30. The molecule has 2 heterocycles. The van der Waals surface area contributed by atoms with E-state index in [0.29, 0.717) is 22.2 Å². The first-order chi connectivity index (χ1) is 14.0. The molecule has 0 radical (unpaired) electrons. The first-order valence-electron chi connectivity index (χ1n) is 8.97. The lowest BCUT2D eigenvalue weighted by molar-refractivity contribution is 0.0711. The number of carbonyl (C=O) groups is 1. The second-order valence-electron chi connectivity index (χ2n) is 6.57. The maximum absolute atomic E-state index is 13.2. The Balaban J connectivity index is 1.70. The van der Waals surface area contributed by atoms with Crippen molar-refractivity contribution >= 4 is 34.8 Å². The number of nitrogens with zero attached hydrogens (tertiary/aromatic N) is 3. The minimum atomic E-state index is -0.243. The Morgan fingerprint density at radius 2 is 1.76 bits per heavy atom. The lowest BCUT2D eigenvalue weighted by atomic mass is 9.98. The summed E-state index contributed by atoms with van der Waals surface area (Å²) in [5.41, 5.74) is 3.14. The molecule has 7 heteroatoms. The van der Waals surface area contributed by atoms with Gasteiger partial charge in [-0.2, -0.15) is 5.10 Å². The maximum Gasteiger partial charge on any atom is 0.276 e. The molecule has 0 saturated heterocycles. The summed E-state index contributed by atoms with van der Waals surface area (Å²) in [5.74, 6) is 0.527. The van der Waals surface area contributed by atoms with Crippen molar-refractivity contribution in [3.8, 4) is 5.75 Å². The van der Waals surface area contributed by atoms with Gasteiger partial charge in [-0.05, 0) is 59.7 Å². The fourth-order valence-corrected chi connectivity index (χ4v) is 3.47. The van der Waals surface area contributed by atoms with E-state index in [-0.39, 0.29) is 11.9 Å². The average Bonchev–Trinajstić information content (AvgIpc) is 3.20. The molecule has 29 heavy (non-hydrogen) atoms. The van der Waals surface area contributed by atoms with E-state index in [1.54, 1.807) is 19.2 Å². The van der Waals surface area contributed by atoms with Crippen LogP contribution in [-0.2, 0) is 0 Å². The quantitative estimate of drug-likeness (QED) is 0.526. The van der Waals surface area contributed by atoms with Crippen LogP contribution in [0.1, 0.15) is 33.9 Å². The highest BCUT2D eigenvalue weighted by atomic mass is 35.5. The predicted octanol–water partition coefficient (Wildman–Crippen LogP) is 5.39. The number of aromatic nitrogens is 1. The maximum atomic E-state index is 13.2. The summed E-state index contributed by atoms with van der Waals surface area (Å²) in [6.45, 7) is 0. The van der Waals surface area contributed by atoms with E-state index in [2.05, 4.69) is 10.1 Å². The SMILES string of the molecule is COc1ccc(C2=NN(C(=O)c3ccc(Cl)nc3)C(c3ccc(Cl)cc3)C2)cc1. The minimum absolute atomic E-state index is 0.238. The van der Waals surface area contributed by atoms with Crippen LogP contribution in [0.25, 0.3) is 0 Å². The summed E-state index contributed by atoms with van der Waals surface area (Å²) in [4.78, 5) is 17.2. The molecule has 0 bridgehead atoms. The molecule has 1 aromatic heterocycles. The molecule has 0 saturated carbocycles. The van der Waals surface area contributed by atoms with Gasteiger partial charge < -0.3 is 4.74 Å². The fraction of sp³-hybridized carbons (Fsp3) is 0.136. The monoisotopic (exact) mass is 425 g/mol. The van der Waals surface area contributed by atoms with Crippen molar-refractivity contribution in [3.63, 3.8) is 0 Å². The Morgan fingerprint density at radius 1 is 1.03 bits per heavy atom.